The third-order valence-corrected chi connectivity index (χ3v) is 4.18. The van der Waals surface area contributed by atoms with Crippen molar-refractivity contribution in [1.29, 1.82) is 5.26 Å². The van der Waals surface area contributed by atoms with Crippen LogP contribution in [0.5, 0.6) is 5.75 Å². The molecule has 1 atom stereocenters. The van der Waals surface area contributed by atoms with Crippen LogP contribution in [0.15, 0.2) is 73.1 Å². The molecule has 7 heteroatoms. The molecule has 0 radical (unpaired) electrons. The summed E-state index contributed by atoms with van der Waals surface area (Å²) in [5, 5.41) is 16.2. The zero-order valence-electron chi connectivity index (χ0n) is 16.4. The molecule has 0 fully saturated rings. The predicted molar refractivity (Wildman–Crippen MR) is 113 cm³/mol. The third-order valence-electron chi connectivity index (χ3n) is 4.18. The van der Waals surface area contributed by atoms with Gasteiger partial charge in [-0.1, -0.05) is 30.3 Å². The molecule has 0 saturated heterocycles. The maximum Gasteiger partial charge on any atom is 0.249 e. The van der Waals surface area contributed by atoms with Gasteiger partial charge in [-0.25, -0.2) is 4.68 Å². The molecule has 1 N–H and O–H groups in total. The number of hydrogen-bond acceptors (Lipinski definition) is 5. The van der Waals surface area contributed by atoms with E-state index in [0.717, 1.165) is 5.69 Å². The quantitative estimate of drug-likeness (QED) is 0.460. The van der Waals surface area contributed by atoms with Crippen molar-refractivity contribution in [3.63, 3.8) is 0 Å². The van der Waals surface area contributed by atoms with Crippen molar-refractivity contribution in [2.24, 2.45) is 5.92 Å². The number of carbonyl (C=O) groups excluding carboxylic acids is 2. The van der Waals surface area contributed by atoms with E-state index in [4.69, 9.17) is 4.74 Å². The number of ketones is 1. The molecular formula is C23H20N4O3. The maximum absolute atomic E-state index is 12.5. The Morgan fingerprint density at radius 1 is 1.20 bits per heavy atom. The van der Waals surface area contributed by atoms with Gasteiger partial charge in [-0.05, 0) is 43.3 Å². The molecule has 1 heterocycles. The van der Waals surface area contributed by atoms with Crippen LogP contribution >= 0.6 is 0 Å². The van der Waals surface area contributed by atoms with Gasteiger partial charge in [0, 0.05) is 11.8 Å². The summed E-state index contributed by atoms with van der Waals surface area (Å²) in [7, 11) is 0. The van der Waals surface area contributed by atoms with E-state index in [1.165, 1.54) is 12.2 Å². The van der Waals surface area contributed by atoms with Crippen LogP contribution in [0.1, 0.15) is 12.5 Å². The summed E-state index contributed by atoms with van der Waals surface area (Å²) in [6.07, 6.45) is 6.09. The first kappa shape index (κ1) is 20.6. The Morgan fingerprint density at radius 2 is 1.93 bits per heavy atom. The number of nitriles is 1. The van der Waals surface area contributed by atoms with Crippen molar-refractivity contribution in [3.8, 4) is 17.5 Å². The minimum Gasteiger partial charge on any atom is -0.492 e. The number of allylic oxidation sites excluding steroid dienone is 1. The number of rotatable bonds is 8. The molecular weight excluding hydrogens is 380 g/mol. The topological polar surface area (TPSA) is 97.0 Å². The summed E-state index contributed by atoms with van der Waals surface area (Å²) in [4.78, 5) is 24.9. The average molecular weight is 400 g/mol. The largest absolute Gasteiger partial charge is 0.492 e. The van der Waals surface area contributed by atoms with E-state index in [-0.39, 0.29) is 0 Å². The zero-order valence-corrected chi connectivity index (χ0v) is 16.4. The molecule has 3 rings (SSSR count). The van der Waals surface area contributed by atoms with Crippen LogP contribution in [-0.2, 0) is 9.59 Å². The Labute approximate surface area is 174 Å². The number of hydrogen-bond donors (Lipinski definition) is 1. The summed E-state index contributed by atoms with van der Waals surface area (Å²) >= 11 is 0. The second-order valence-corrected chi connectivity index (χ2v) is 6.27. The van der Waals surface area contributed by atoms with Gasteiger partial charge in [0.05, 0.1) is 30.2 Å². The lowest BCUT2D eigenvalue weighted by molar-refractivity contribution is -0.126. The van der Waals surface area contributed by atoms with E-state index in [2.05, 4.69) is 10.4 Å². The third kappa shape index (κ3) is 5.00. The van der Waals surface area contributed by atoms with E-state index in [1.54, 1.807) is 47.4 Å². The number of carbonyl (C=O) groups is 2. The first-order valence-corrected chi connectivity index (χ1v) is 9.36. The zero-order chi connectivity index (χ0) is 21.3. The SMILES string of the molecule is CCOc1ccccc1NC(=O)C(C#N)C(=O)/C=C/c1cnn(-c2ccccc2)c1. The van der Waals surface area contributed by atoms with Crippen LogP contribution in [0.25, 0.3) is 11.8 Å². The normalized spacial score (nSPS) is 11.6. The molecule has 0 aliphatic rings. The highest BCUT2D eigenvalue weighted by atomic mass is 16.5. The summed E-state index contributed by atoms with van der Waals surface area (Å²) < 4.78 is 7.12. The Bertz CT molecular complexity index is 1100. The summed E-state index contributed by atoms with van der Waals surface area (Å²) in [5.41, 5.74) is 1.96. The fourth-order valence-corrected chi connectivity index (χ4v) is 2.73. The summed E-state index contributed by atoms with van der Waals surface area (Å²) in [6, 6.07) is 18.1. The smallest absolute Gasteiger partial charge is 0.249 e. The first-order chi connectivity index (χ1) is 14.6. The fraction of sp³-hybridized carbons (Fsp3) is 0.130. The van der Waals surface area contributed by atoms with Crippen LogP contribution in [0.4, 0.5) is 5.69 Å². The van der Waals surface area contributed by atoms with Crippen molar-refractivity contribution in [2.75, 3.05) is 11.9 Å². The monoisotopic (exact) mass is 400 g/mol. The first-order valence-electron chi connectivity index (χ1n) is 9.36. The van der Waals surface area contributed by atoms with Crippen molar-refractivity contribution in [2.45, 2.75) is 6.92 Å². The van der Waals surface area contributed by atoms with Crippen molar-refractivity contribution in [3.05, 3.63) is 78.6 Å². The van der Waals surface area contributed by atoms with Gasteiger partial charge < -0.3 is 10.1 Å². The van der Waals surface area contributed by atoms with Gasteiger partial charge in [-0.3, -0.25) is 9.59 Å². The molecule has 0 saturated carbocycles. The number of para-hydroxylation sites is 3. The molecule has 0 bridgehead atoms. The summed E-state index contributed by atoms with van der Waals surface area (Å²) in [6.45, 7) is 2.25. The lowest BCUT2D eigenvalue weighted by atomic mass is 10.0. The van der Waals surface area contributed by atoms with Gasteiger partial charge >= 0.3 is 0 Å². The number of anilines is 1. The minimum absolute atomic E-state index is 0.408. The molecule has 1 amide bonds. The summed E-state index contributed by atoms with van der Waals surface area (Å²) in [5.74, 6) is -2.32. The van der Waals surface area contributed by atoms with Crippen LogP contribution in [0, 0.1) is 17.2 Å². The van der Waals surface area contributed by atoms with E-state index in [9.17, 15) is 14.9 Å². The molecule has 7 nitrogen and oxygen atoms in total. The molecule has 1 unspecified atom stereocenters. The molecule has 0 spiro atoms. The Hall–Kier alpha value is -4.18. The van der Waals surface area contributed by atoms with E-state index < -0.39 is 17.6 Å². The van der Waals surface area contributed by atoms with Crippen molar-refractivity contribution in [1.82, 2.24) is 9.78 Å². The highest BCUT2D eigenvalue weighted by molar-refractivity contribution is 6.14. The second kappa shape index (κ2) is 9.85. The Morgan fingerprint density at radius 3 is 2.67 bits per heavy atom. The molecule has 1 aromatic heterocycles. The van der Waals surface area contributed by atoms with Gasteiger partial charge in [-0.15, -0.1) is 0 Å². The minimum atomic E-state index is -1.47. The average Bonchev–Trinajstić information content (AvgIpc) is 3.24. The number of benzene rings is 2. The van der Waals surface area contributed by atoms with Gasteiger partial charge in [0.1, 0.15) is 5.75 Å². The van der Waals surface area contributed by atoms with E-state index in [0.29, 0.717) is 23.6 Å². The molecule has 150 valence electrons. The number of nitrogens with one attached hydrogen (secondary N) is 1. The van der Waals surface area contributed by atoms with Crippen LogP contribution in [-0.4, -0.2) is 28.1 Å². The Balaban J connectivity index is 1.68. The molecule has 2 aromatic carbocycles. The van der Waals surface area contributed by atoms with E-state index >= 15 is 0 Å². The highest BCUT2D eigenvalue weighted by Gasteiger charge is 2.25. The molecule has 0 aliphatic carbocycles. The van der Waals surface area contributed by atoms with Crippen LogP contribution in [0.3, 0.4) is 0 Å². The van der Waals surface area contributed by atoms with Gasteiger partial charge in [-0.2, -0.15) is 10.4 Å². The van der Waals surface area contributed by atoms with E-state index in [1.807, 2.05) is 37.3 Å². The fourth-order valence-electron chi connectivity index (χ4n) is 2.73. The molecule has 3 aromatic rings. The Kier molecular flexibility index (Phi) is 6.74. The second-order valence-electron chi connectivity index (χ2n) is 6.27. The number of aromatic nitrogens is 2. The lowest BCUT2D eigenvalue weighted by Crippen LogP contribution is -2.27. The molecule has 0 aliphatic heterocycles. The van der Waals surface area contributed by atoms with Crippen LogP contribution < -0.4 is 10.1 Å². The number of nitrogens with zero attached hydrogens (tertiary/aromatic N) is 3. The predicted octanol–water partition coefficient (Wildman–Crippen LogP) is 3.63. The highest BCUT2D eigenvalue weighted by Crippen LogP contribution is 2.24. The number of amides is 1. The van der Waals surface area contributed by atoms with Gasteiger partial charge in [0.2, 0.25) is 5.91 Å². The van der Waals surface area contributed by atoms with Crippen molar-refractivity contribution >= 4 is 23.5 Å². The van der Waals surface area contributed by atoms with Gasteiger partial charge in [0.15, 0.2) is 11.7 Å². The number of ether oxygens (including phenoxy) is 1. The lowest BCUT2D eigenvalue weighted by Gasteiger charge is -2.12. The van der Waals surface area contributed by atoms with Gasteiger partial charge in [0.25, 0.3) is 0 Å². The van der Waals surface area contributed by atoms with Crippen molar-refractivity contribution < 1.29 is 14.3 Å². The molecule has 30 heavy (non-hydrogen) atoms. The van der Waals surface area contributed by atoms with Crippen LogP contribution in [0.2, 0.25) is 0 Å². The standard InChI is InChI=1S/C23H20N4O3/c1-2-30-22-11-7-6-10-20(22)26-23(29)19(14-24)21(28)13-12-17-15-25-27(16-17)18-8-4-3-5-9-18/h3-13,15-16,19H,2H2,1H3,(H,26,29)/b13-12+. The maximum atomic E-state index is 12.5.